The number of amides is 2. The average molecular weight is 358 g/mol. The van der Waals surface area contributed by atoms with Gasteiger partial charge in [-0.1, -0.05) is 12.1 Å². The molecule has 0 fully saturated rings. The summed E-state index contributed by atoms with van der Waals surface area (Å²) >= 11 is 0. The Labute approximate surface area is 141 Å². The van der Waals surface area contributed by atoms with Crippen molar-refractivity contribution in [3.8, 4) is 0 Å². The fourth-order valence-electron chi connectivity index (χ4n) is 1.82. The molecule has 1 rings (SSSR count). The van der Waals surface area contributed by atoms with E-state index in [1.54, 1.807) is 6.92 Å². The van der Waals surface area contributed by atoms with E-state index in [2.05, 4.69) is 10.1 Å². The van der Waals surface area contributed by atoms with Gasteiger partial charge in [0, 0.05) is 11.6 Å². The first-order chi connectivity index (χ1) is 11.6. The number of alkyl halides is 3. The zero-order valence-corrected chi connectivity index (χ0v) is 13.3. The van der Waals surface area contributed by atoms with Crippen LogP contribution in [0.5, 0.6) is 0 Å². The van der Waals surface area contributed by atoms with Crippen molar-refractivity contribution in [1.29, 1.82) is 0 Å². The third-order valence-electron chi connectivity index (χ3n) is 3.01. The van der Waals surface area contributed by atoms with Crippen molar-refractivity contribution < 1.29 is 32.3 Å². The van der Waals surface area contributed by atoms with Crippen LogP contribution in [0.15, 0.2) is 36.4 Å². The van der Waals surface area contributed by atoms with E-state index in [9.17, 15) is 27.6 Å². The molecule has 0 aliphatic rings. The molecule has 2 amide bonds. The minimum atomic E-state index is -4.60. The van der Waals surface area contributed by atoms with Gasteiger partial charge in [-0.2, -0.15) is 13.2 Å². The first kappa shape index (κ1) is 20.2. The van der Waals surface area contributed by atoms with E-state index in [-0.39, 0.29) is 18.6 Å². The molecule has 1 atom stereocenters. The fourth-order valence-corrected chi connectivity index (χ4v) is 1.82. The predicted molar refractivity (Wildman–Crippen MR) is 82.3 cm³/mol. The maximum absolute atomic E-state index is 12.7. The average Bonchev–Trinajstić information content (AvgIpc) is 2.53. The standard InChI is InChI=1S/C16H17F3N2O4/c1-2-25-13(22)8-4-7-12(14(20)23)21-15(24)10-5-3-6-11(9-10)16(17,18)19/h3-6,8-9,12H,2,7H2,1H3,(H2,20,23)(H,21,24)/b8-4+/t12-/m1/s1. The second-order valence-corrected chi connectivity index (χ2v) is 4.90. The Kier molecular flexibility index (Phi) is 7.16. The van der Waals surface area contributed by atoms with Crippen LogP contribution in [0.25, 0.3) is 0 Å². The highest BCUT2D eigenvalue weighted by molar-refractivity contribution is 5.97. The van der Waals surface area contributed by atoms with Crippen molar-refractivity contribution in [2.45, 2.75) is 25.6 Å². The Hall–Kier alpha value is -2.84. The number of nitrogens with one attached hydrogen (secondary N) is 1. The molecule has 25 heavy (non-hydrogen) atoms. The van der Waals surface area contributed by atoms with Crippen LogP contribution < -0.4 is 11.1 Å². The van der Waals surface area contributed by atoms with Gasteiger partial charge < -0.3 is 15.8 Å². The molecule has 0 aliphatic carbocycles. The minimum Gasteiger partial charge on any atom is -0.463 e. The van der Waals surface area contributed by atoms with Gasteiger partial charge in [0.2, 0.25) is 5.91 Å². The lowest BCUT2D eigenvalue weighted by molar-refractivity contribution is -0.138. The second-order valence-electron chi connectivity index (χ2n) is 4.90. The number of hydrogen-bond acceptors (Lipinski definition) is 4. The Bertz CT molecular complexity index is 672. The number of carbonyl (C=O) groups excluding carboxylic acids is 3. The molecule has 3 N–H and O–H groups in total. The molecule has 136 valence electrons. The molecule has 0 aliphatic heterocycles. The van der Waals surface area contributed by atoms with Crippen molar-refractivity contribution in [1.82, 2.24) is 5.32 Å². The summed E-state index contributed by atoms with van der Waals surface area (Å²) < 4.78 is 42.6. The van der Waals surface area contributed by atoms with Gasteiger partial charge in [-0.05, 0) is 31.5 Å². The topological polar surface area (TPSA) is 98.5 Å². The fraction of sp³-hybridized carbons (Fsp3) is 0.312. The van der Waals surface area contributed by atoms with Crippen molar-refractivity contribution in [3.05, 3.63) is 47.5 Å². The third kappa shape index (κ3) is 6.66. The molecular weight excluding hydrogens is 341 g/mol. The Morgan fingerprint density at radius 1 is 1.32 bits per heavy atom. The molecule has 0 radical (unpaired) electrons. The van der Waals surface area contributed by atoms with Crippen LogP contribution >= 0.6 is 0 Å². The Balaban J connectivity index is 2.80. The Morgan fingerprint density at radius 3 is 2.56 bits per heavy atom. The van der Waals surface area contributed by atoms with E-state index in [1.807, 2.05) is 0 Å². The molecule has 0 unspecified atom stereocenters. The van der Waals surface area contributed by atoms with E-state index in [0.717, 1.165) is 18.2 Å². The largest absolute Gasteiger partial charge is 0.463 e. The molecule has 0 saturated heterocycles. The van der Waals surface area contributed by atoms with Gasteiger partial charge in [0.15, 0.2) is 0 Å². The lowest BCUT2D eigenvalue weighted by Gasteiger charge is -2.14. The highest BCUT2D eigenvalue weighted by atomic mass is 19.4. The maximum Gasteiger partial charge on any atom is 0.416 e. The summed E-state index contributed by atoms with van der Waals surface area (Å²) in [5, 5.41) is 2.23. The molecule has 0 heterocycles. The summed E-state index contributed by atoms with van der Waals surface area (Å²) in [6.07, 6.45) is -2.36. The first-order valence-electron chi connectivity index (χ1n) is 7.26. The molecule has 0 aromatic heterocycles. The number of carbonyl (C=O) groups is 3. The number of ether oxygens (including phenoxy) is 1. The van der Waals surface area contributed by atoms with Gasteiger partial charge in [0.05, 0.1) is 12.2 Å². The highest BCUT2D eigenvalue weighted by Gasteiger charge is 2.31. The molecular formula is C16H17F3N2O4. The van der Waals surface area contributed by atoms with Gasteiger partial charge in [-0.15, -0.1) is 0 Å². The van der Waals surface area contributed by atoms with Gasteiger partial charge in [0.1, 0.15) is 6.04 Å². The summed E-state index contributed by atoms with van der Waals surface area (Å²) in [6.45, 7) is 1.79. The summed E-state index contributed by atoms with van der Waals surface area (Å²) in [5.74, 6) is -2.41. The molecule has 9 heteroatoms. The number of nitrogens with two attached hydrogens (primary N) is 1. The van der Waals surface area contributed by atoms with Crippen LogP contribution in [-0.4, -0.2) is 30.4 Å². The van der Waals surface area contributed by atoms with Crippen LogP contribution in [0.3, 0.4) is 0 Å². The van der Waals surface area contributed by atoms with Gasteiger partial charge >= 0.3 is 12.1 Å². The predicted octanol–water partition coefficient (Wildman–Crippen LogP) is 1.80. The van der Waals surface area contributed by atoms with Crippen molar-refractivity contribution in [3.63, 3.8) is 0 Å². The normalized spacial score (nSPS) is 12.6. The lowest BCUT2D eigenvalue weighted by atomic mass is 10.1. The summed E-state index contributed by atoms with van der Waals surface area (Å²) in [7, 11) is 0. The smallest absolute Gasteiger partial charge is 0.416 e. The quantitative estimate of drug-likeness (QED) is 0.573. The number of benzene rings is 1. The molecule has 0 spiro atoms. The second kappa shape index (κ2) is 8.86. The van der Waals surface area contributed by atoms with E-state index < -0.39 is 35.6 Å². The number of esters is 1. The highest BCUT2D eigenvalue weighted by Crippen LogP contribution is 2.29. The SMILES string of the molecule is CCOC(=O)/C=C/C[C@@H](NC(=O)c1cccc(C(F)(F)F)c1)C(N)=O. The first-order valence-corrected chi connectivity index (χ1v) is 7.26. The van der Waals surface area contributed by atoms with Gasteiger partial charge in [-0.3, -0.25) is 9.59 Å². The van der Waals surface area contributed by atoms with Crippen LogP contribution in [0.2, 0.25) is 0 Å². The lowest BCUT2D eigenvalue weighted by Crippen LogP contribution is -2.44. The van der Waals surface area contributed by atoms with Crippen molar-refractivity contribution >= 4 is 17.8 Å². The summed E-state index contributed by atoms with van der Waals surface area (Å²) in [6, 6.07) is 2.56. The van der Waals surface area contributed by atoms with Crippen molar-refractivity contribution in [2.75, 3.05) is 6.61 Å². The summed E-state index contributed by atoms with van der Waals surface area (Å²) in [4.78, 5) is 34.6. The van der Waals surface area contributed by atoms with E-state index >= 15 is 0 Å². The number of halogens is 3. The molecule has 6 nitrogen and oxygen atoms in total. The number of primary amides is 1. The van der Waals surface area contributed by atoms with Crippen LogP contribution in [0, 0.1) is 0 Å². The third-order valence-corrected chi connectivity index (χ3v) is 3.01. The monoisotopic (exact) mass is 358 g/mol. The number of hydrogen-bond donors (Lipinski definition) is 2. The molecule has 0 bridgehead atoms. The zero-order chi connectivity index (χ0) is 19.0. The summed E-state index contributed by atoms with van der Waals surface area (Å²) in [5.41, 5.74) is 3.90. The van der Waals surface area contributed by atoms with E-state index in [1.165, 1.54) is 12.1 Å². The van der Waals surface area contributed by atoms with Crippen molar-refractivity contribution in [2.24, 2.45) is 5.73 Å². The zero-order valence-electron chi connectivity index (χ0n) is 13.3. The van der Waals surface area contributed by atoms with E-state index in [4.69, 9.17) is 5.73 Å². The molecule has 1 aromatic carbocycles. The maximum atomic E-state index is 12.7. The van der Waals surface area contributed by atoms with Gasteiger partial charge in [0.25, 0.3) is 5.91 Å². The molecule has 0 saturated carbocycles. The molecule has 1 aromatic rings. The van der Waals surface area contributed by atoms with Gasteiger partial charge in [-0.25, -0.2) is 4.79 Å². The minimum absolute atomic E-state index is 0.112. The van der Waals surface area contributed by atoms with Crippen LogP contribution in [0.1, 0.15) is 29.3 Å². The van der Waals surface area contributed by atoms with E-state index in [0.29, 0.717) is 6.07 Å². The van der Waals surface area contributed by atoms with Crippen LogP contribution in [0.4, 0.5) is 13.2 Å². The Morgan fingerprint density at radius 2 is 2.00 bits per heavy atom. The van der Waals surface area contributed by atoms with Crippen LogP contribution in [-0.2, 0) is 20.5 Å². The number of rotatable bonds is 7.